The second-order valence-electron chi connectivity index (χ2n) is 7.27. The van der Waals surface area contributed by atoms with Crippen LogP contribution in [0.25, 0.3) is 0 Å². The van der Waals surface area contributed by atoms with Gasteiger partial charge >= 0.3 is 0 Å². The zero-order valence-electron chi connectivity index (χ0n) is 17.4. The minimum Gasteiger partial charge on any atom is -0.495 e. The van der Waals surface area contributed by atoms with Gasteiger partial charge in [0.2, 0.25) is 5.91 Å². The number of amides is 1. The monoisotopic (exact) mass is 482 g/mol. The summed E-state index contributed by atoms with van der Waals surface area (Å²) in [7, 11) is -2.48. The van der Waals surface area contributed by atoms with Crippen LogP contribution in [-0.4, -0.2) is 45.5 Å². The van der Waals surface area contributed by atoms with E-state index in [1.165, 1.54) is 51.0 Å². The van der Waals surface area contributed by atoms with Crippen molar-refractivity contribution in [2.45, 2.75) is 35.8 Å². The maximum atomic E-state index is 13.3. The van der Waals surface area contributed by atoms with E-state index >= 15 is 0 Å². The summed E-state index contributed by atoms with van der Waals surface area (Å²) < 4.78 is 32.8. The largest absolute Gasteiger partial charge is 0.495 e. The third kappa shape index (κ3) is 6.30. The van der Waals surface area contributed by atoms with Crippen molar-refractivity contribution in [2.75, 3.05) is 30.3 Å². The molecule has 2 aromatic carbocycles. The minimum absolute atomic E-state index is 0.103. The number of hydrogen-bond acceptors (Lipinski definition) is 5. The molecular weight excluding hydrogens is 456 g/mol. The normalized spacial score (nSPS) is 14.4. The Kier molecular flexibility index (Phi) is 8.51. The van der Waals surface area contributed by atoms with Gasteiger partial charge in [0.1, 0.15) is 12.3 Å². The highest BCUT2D eigenvalue weighted by molar-refractivity contribution is 7.99. The molecule has 1 N–H and O–H groups in total. The fourth-order valence-electron chi connectivity index (χ4n) is 3.50. The molecule has 1 amide bonds. The van der Waals surface area contributed by atoms with Crippen molar-refractivity contribution in [1.82, 2.24) is 5.32 Å². The Balaban J connectivity index is 1.74. The van der Waals surface area contributed by atoms with E-state index in [1.807, 2.05) is 11.8 Å². The Morgan fingerprint density at radius 3 is 2.55 bits per heavy atom. The number of benzene rings is 2. The molecule has 6 nitrogen and oxygen atoms in total. The number of anilines is 1. The van der Waals surface area contributed by atoms with Crippen LogP contribution in [0.1, 0.15) is 25.7 Å². The van der Waals surface area contributed by atoms with Gasteiger partial charge in [-0.15, -0.1) is 0 Å². The van der Waals surface area contributed by atoms with E-state index in [2.05, 4.69) is 5.32 Å². The first-order chi connectivity index (χ1) is 14.9. The highest BCUT2D eigenvalue weighted by Gasteiger charge is 2.27. The SMILES string of the molecule is COc1ccc(N(CC(=O)NCCSC2CCCC2)S(=O)(=O)c2ccccc2)cc1Cl. The Morgan fingerprint density at radius 2 is 1.90 bits per heavy atom. The molecule has 31 heavy (non-hydrogen) atoms. The number of thioether (sulfide) groups is 1. The van der Waals surface area contributed by atoms with E-state index in [1.54, 1.807) is 30.3 Å². The van der Waals surface area contributed by atoms with E-state index in [0.717, 1.165) is 10.1 Å². The number of carbonyl (C=O) groups is 1. The number of sulfonamides is 1. The zero-order valence-corrected chi connectivity index (χ0v) is 19.8. The van der Waals surface area contributed by atoms with Crippen molar-refractivity contribution in [2.24, 2.45) is 0 Å². The second-order valence-corrected chi connectivity index (χ2v) is 10.9. The molecule has 1 fully saturated rings. The van der Waals surface area contributed by atoms with Crippen LogP contribution < -0.4 is 14.4 Å². The first-order valence-corrected chi connectivity index (χ1v) is 13.1. The lowest BCUT2D eigenvalue weighted by atomic mass is 10.3. The summed E-state index contributed by atoms with van der Waals surface area (Å²) in [5.74, 6) is 0.880. The average molecular weight is 483 g/mol. The highest BCUT2D eigenvalue weighted by Crippen LogP contribution is 2.32. The summed E-state index contributed by atoms with van der Waals surface area (Å²) in [6, 6.07) is 12.7. The van der Waals surface area contributed by atoms with Gasteiger partial charge in [-0.2, -0.15) is 11.8 Å². The van der Waals surface area contributed by atoms with Gasteiger partial charge < -0.3 is 10.1 Å². The number of nitrogens with one attached hydrogen (secondary N) is 1. The summed E-state index contributed by atoms with van der Waals surface area (Å²) in [6.45, 7) is 0.163. The second kappa shape index (κ2) is 11.1. The van der Waals surface area contributed by atoms with E-state index in [0.29, 0.717) is 23.2 Å². The van der Waals surface area contributed by atoms with Gasteiger partial charge in [0.25, 0.3) is 10.0 Å². The van der Waals surface area contributed by atoms with E-state index < -0.39 is 10.0 Å². The van der Waals surface area contributed by atoms with Gasteiger partial charge in [-0.25, -0.2) is 8.42 Å². The van der Waals surface area contributed by atoms with Crippen LogP contribution in [0.3, 0.4) is 0 Å². The predicted molar refractivity (Wildman–Crippen MR) is 127 cm³/mol. The van der Waals surface area contributed by atoms with Crippen LogP contribution in [0.15, 0.2) is 53.4 Å². The lowest BCUT2D eigenvalue weighted by Gasteiger charge is -2.24. The van der Waals surface area contributed by atoms with Crippen LogP contribution in [-0.2, 0) is 14.8 Å². The van der Waals surface area contributed by atoms with Gasteiger partial charge in [0.05, 0.1) is 22.7 Å². The van der Waals surface area contributed by atoms with Gasteiger partial charge in [0.15, 0.2) is 0 Å². The predicted octanol–water partition coefficient (Wildman–Crippen LogP) is 4.34. The molecule has 0 radical (unpaired) electrons. The van der Waals surface area contributed by atoms with E-state index in [4.69, 9.17) is 16.3 Å². The number of nitrogens with zero attached hydrogens (tertiary/aromatic N) is 1. The quantitative estimate of drug-likeness (QED) is 0.510. The Bertz CT molecular complexity index is 980. The molecule has 0 aromatic heterocycles. The topological polar surface area (TPSA) is 75.7 Å². The lowest BCUT2D eigenvalue weighted by Crippen LogP contribution is -2.41. The molecule has 0 saturated heterocycles. The van der Waals surface area contributed by atoms with E-state index in [9.17, 15) is 13.2 Å². The zero-order chi connectivity index (χ0) is 22.3. The van der Waals surface area contributed by atoms with Gasteiger partial charge in [0, 0.05) is 17.5 Å². The maximum absolute atomic E-state index is 13.3. The van der Waals surface area contributed by atoms with Crippen LogP contribution in [0, 0.1) is 0 Å². The van der Waals surface area contributed by atoms with Crippen LogP contribution >= 0.6 is 23.4 Å². The Hall–Kier alpha value is -1.90. The van der Waals surface area contributed by atoms with Gasteiger partial charge in [-0.1, -0.05) is 42.6 Å². The molecule has 0 bridgehead atoms. The molecule has 0 aliphatic heterocycles. The van der Waals surface area contributed by atoms with Crippen LogP contribution in [0.5, 0.6) is 5.75 Å². The third-order valence-corrected chi connectivity index (χ3v) is 8.59. The van der Waals surface area contributed by atoms with Crippen molar-refractivity contribution < 1.29 is 17.9 Å². The average Bonchev–Trinajstić information content (AvgIpc) is 3.29. The molecule has 0 unspecified atom stereocenters. The third-order valence-electron chi connectivity index (χ3n) is 5.12. The minimum atomic E-state index is -3.96. The van der Waals surface area contributed by atoms with Crippen molar-refractivity contribution in [3.8, 4) is 5.75 Å². The van der Waals surface area contributed by atoms with Gasteiger partial charge in [-0.3, -0.25) is 9.10 Å². The van der Waals surface area contributed by atoms with Crippen molar-refractivity contribution in [3.05, 3.63) is 53.6 Å². The fraction of sp³-hybridized carbons (Fsp3) is 0.409. The number of rotatable bonds is 10. The molecular formula is C22H27ClN2O4S2. The first kappa shape index (κ1) is 23.8. The summed E-state index contributed by atoms with van der Waals surface area (Å²) >= 11 is 8.09. The van der Waals surface area contributed by atoms with Crippen molar-refractivity contribution in [1.29, 1.82) is 0 Å². The molecule has 1 aliphatic carbocycles. The molecule has 0 heterocycles. The molecule has 1 saturated carbocycles. The summed E-state index contributed by atoms with van der Waals surface area (Å²) in [4.78, 5) is 12.7. The Labute approximate surface area is 193 Å². The maximum Gasteiger partial charge on any atom is 0.264 e. The Morgan fingerprint density at radius 1 is 1.19 bits per heavy atom. The lowest BCUT2D eigenvalue weighted by molar-refractivity contribution is -0.119. The molecule has 0 spiro atoms. The molecule has 2 aromatic rings. The number of halogens is 1. The number of hydrogen-bond donors (Lipinski definition) is 1. The van der Waals surface area contributed by atoms with Crippen molar-refractivity contribution >= 4 is 45.0 Å². The molecule has 9 heteroatoms. The van der Waals surface area contributed by atoms with Crippen LogP contribution in [0.4, 0.5) is 5.69 Å². The molecule has 1 aliphatic rings. The number of carbonyl (C=O) groups excluding carboxylic acids is 1. The molecule has 0 atom stereocenters. The van der Waals surface area contributed by atoms with E-state index in [-0.39, 0.29) is 22.4 Å². The standard InChI is InChI=1S/C22H27ClN2O4S2/c1-29-21-12-11-17(15-20(21)23)25(31(27,28)19-9-3-2-4-10-19)16-22(26)24-13-14-30-18-7-5-6-8-18/h2-4,9-12,15,18H,5-8,13-14,16H2,1H3,(H,24,26). The molecule has 168 valence electrons. The van der Waals surface area contributed by atoms with Gasteiger partial charge in [-0.05, 0) is 43.2 Å². The number of methoxy groups -OCH3 is 1. The van der Waals surface area contributed by atoms with Crippen molar-refractivity contribution in [3.63, 3.8) is 0 Å². The highest BCUT2D eigenvalue weighted by atomic mass is 35.5. The fourth-order valence-corrected chi connectivity index (χ4v) is 6.41. The molecule has 3 rings (SSSR count). The summed E-state index contributed by atoms with van der Waals surface area (Å²) in [5, 5.41) is 3.78. The van der Waals surface area contributed by atoms with Crippen LogP contribution in [0.2, 0.25) is 5.02 Å². The first-order valence-electron chi connectivity index (χ1n) is 10.2. The smallest absolute Gasteiger partial charge is 0.264 e. The summed E-state index contributed by atoms with van der Waals surface area (Å²) in [6.07, 6.45) is 5.03. The summed E-state index contributed by atoms with van der Waals surface area (Å²) in [5.41, 5.74) is 0.296. The number of ether oxygens (including phenoxy) is 1.